The van der Waals surface area contributed by atoms with Crippen molar-refractivity contribution in [2.75, 3.05) is 33.9 Å². The van der Waals surface area contributed by atoms with E-state index in [-0.39, 0.29) is 0 Å². The van der Waals surface area contributed by atoms with Gasteiger partial charge in [-0.25, -0.2) is 0 Å². The van der Waals surface area contributed by atoms with Crippen molar-refractivity contribution in [3.8, 4) is 0 Å². The Kier molecular flexibility index (Phi) is 10.9. The van der Waals surface area contributed by atoms with Crippen LogP contribution in [-0.2, 0) is 4.74 Å². The number of ether oxygens (including phenoxy) is 1. The van der Waals surface area contributed by atoms with Crippen molar-refractivity contribution in [1.82, 2.24) is 10.2 Å². The zero-order valence-corrected chi connectivity index (χ0v) is 12.5. The number of rotatable bonds is 11. The van der Waals surface area contributed by atoms with Crippen LogP contribution in [0.5, 0.6) is 0 Å². The molecule has 0 aliphatic carbocycles. The Balaban J connectivity index is 4.56. The minimum Gasteiger partial charge on any atom is -0.383 e. The molecule has 0 aromatic heterocycles. The van der Waals surface area contributed by atoms with Crippen LogP contribution in [0.1, 0.15) is 46.5 Å². The number of hydrogen-bond acceptors (Lipinski definition) is 3. The lowest BCUT2D eigenvalue weighted by Crippen LogP contribution is -2.48. The molecule has 17 heavy (non-hydrogen) atoms. The Labute approximate surface area is 108 Å². The number of nitrogens with zero attached hydrogens (tertiary/aromatic N) is 1. The fourth-order valence-corrected chi connectivity index (χ4v) is 2.57. The molecule has 0 saturated carbocycles. The first kappa shape index (κ1) is 16.9. The first-order valence-corrected chi connectivity index (χ1v) is 7.14. The molecule has 0 radical (unpaired) electrons. The van der Waals surface area contributed by atoms with Crippen LogP contribution in [0.2, 0.25) is 0 Å². The van der Waals surface area contributed by atoms with E-state index >= 15 is 0 Å². The van der Waals surface area contributed by atoms with E-state index in [0.29, 0.717) is 12.1 Å². The van der Waals surface area contributed by atoms with E-state index in [1.54, 1.807) is 7.11 Å². The molecular formula is C14H32N2O. The summed E-state index contributed by atoms with van der Waals surface area (Å²) in [6.07, 6.45) is 4.96. The average Bonchev–Trinajstić information content (AvgIpc) is 2.34. The number of hydrogen-bond donors (Lipinski definition) is 1. The Morgan fingerprint density at radius 1 is 1.12 bits per heavy atom. The van der Waals surface area contributed by atoms with Gasteiger partial charge in [0.25, 0.3) is 0 Å². The van der Waals surface area contributed by atoms with Gasteiger partial charge in [0.15, 0.2) is 0 Å². The Bertz CT molecular complexity index is 154. The van der Waals surface area contributed by atoms with E-state index in [9.17, 15) is 0 Å². The molecule has 0 bridgehead atoms. The standard InChI is InChI=1S/C14H32N2O/c1-6-9-14(12-15-4)16(10-11-17-5)13(7-2)8-3/h13-15H,6-12H2,1-5H3. The van der Waals surface area contributed by atoms with Crippen molar-refractivity contribution in [2.24, 2.45) is 0 Å². The maximum atomic E-state index is 5.26. The zero-order valence-electron chi connectivity index (χ0n) is 12.5. The van der Waals surface area contributed by atoms with E-state index in [1.165, 1.54) is 25.7 Å². The number of methoxy groups -OCH3 is 1. The van der Waals surface area contributed by atoms with E-state index in [1.807, 2.05) is 7.05 Å². The highest BCUT2D eigenvalue weighted by Gasteiger charge is 2.22. The minimum absolute atomic E-state index is 0.644. The first-order chi connectivity index (χ1) is 8.24. The van der Waals surface area contributed by atoms with Crippen molar-refractivity contribution >= 4 is 0 Å². The molecule has 1 atom stereocenters. The van der Waals surface area contributed by atoms with Crippen LogP contribution in [0.25, 0.3) is 0 Å². The van der Waals surface area contributed by atoms with E-state index in [0.717, 1.165) is 19.7 Å². The van der Waals surface area contributed by atoms with E-state index in [4.69, 9.17) is 4.74 Å². The number of nitrogens with one attached hydrogen (secondary N) is 1. The Morgan fingerprint density at radius 3 is 2.18 bits per heavy atom. The van der Waals surface area contributed by atoms with Crippen LogP contribution in [0, 0.1) is 0 Å². The summed E-state index contributed by atoms with van der Waals surface area (Å²) in [5.74, 6) is 0. The predicted molar refractivity (Wildman–Crippen MR) is 75.6 cm³/mol. The smallest absolute Gasteiger partial charge is 0.0589 e. The molecule has 104 valence electrons. The van der Waals surface area contributed by atoms with Crippen molar-refractivity contribution in [3.05, 3.63) is 0 Å². The van der Waals surface area contributed by atoms with Crippen LogP contribution in [0.3, 0.4) is 0 Å². The summed E-state index contributed by atoms with van der Waals surface area (Å²) in [6.45, 7) is 9.81. The fraction of sp³-hybridized carbons (Fsp3) is 1.00. The second kappa shape index (κ2) is 11.0. The third-order valence-electron chi connectivity index (χ3n) is 3.50. The molecule has 0 aliphatic rings. The first-order valence-electron chi connectivity index (χ1n) is 7.14. The van der Waals surface area contributed by atoms with Crippen molar-refractivity contribution in [2.45, 2.75) is 58.5 Å². The van der Waals surface area contributed by atoms with Gasteiger partial charge in [-0.05, 0) is 26.3 Å². The van der Waals surface area contributed by atoms with Gasteiger partial charge >= 0.3 is 0 Å². The van der Waals surface area contributed by atoms with Gasteiger partial charge in [-0.3, -0.25) is 4.90 Å². The molecule has 3 nitrogen and oxygen atoms in total. The molecule has 0 rings (SSSR count). The third-order valence-corrected chi connectivity index (χ3v) is 3.50. The highest BCUT2D eigenvalue weighted by atomic mass is 16.5. The lowest BCUT2D eigenvalue weighted by atomic mass is 10.0. The lowest BCUT2D eigenvalue weighted by Gasteiger charge is -2.37. The van der Waals surface area contributed by atoms with Gasteiger partial charge in [0, 0.05) is 32.3 Å². The second-order valence-corrected chi connectivity index (χ2v) is 4.70. The number of likely N-dealkylation sites (N-methyl/N-ethyl adjacent to an activating group) is 1. The van der Waals surface area contributed by atoms with Gasteiger partial charge in [0.05, 0.1) is 6.61 Å². The summed E-state index contributed by atoms with van der Waals surface area (Å²) in [5.41, 5.74) is 0. The topological polar surface area (TPSA) is 24.5 Å². The molecule has 1 N–H and O–H groups in total. The van der Waals surface area contributed by atoms with Gasteiger partial charge < -0.3 is 10.1 Å². The average molecular weight is 244 g/mol. The highest BCUT2D eigenvalue weighted by molar-refractivity contribution is 4.79. The van der Waals surface area contributed by atoms with Gasteiger partial charge in [-0.15, -0.1) is 0 Å². The van der Waals surface area contributed by atoms with Gasteiger partial charge in [-0.2, -0.15) is 0 Å². The van der Waals surface area contributed by atoms with Crippen LogP contribution in [0.15, 0.2) is 0 Å². The predicted octanol–water partition coefficient (Wildman–Crippen LogP) is 2.51. The molecule has 1 unspecified atom stereocenters. The quantitative estimate of drug-likeness (QED) is 0.604. The third kappa shape index (κ3) is 6.39. The molecule has 0 saturated heterocycles. The monoisotopic (exact) mass is 244 g/mol. The fourth-order valence-electron chi connectivity index (χ4n) is 2.57. The molecule has 0 aliphatic heterocycles. The summed E-state index contributed by atoms with van der Waals surface area (Å²) in [4.78, 5) is 2.64. The largest absolute Gasteiger partial charge is 0.383 e. The lowest BCUT2D eigenvalue weighted by molar-refractivity contribution is 0.0754. The molecule has 0 spiro atoms. The molecule has 0 heterocycles. The second-order valence-electron chi connectivity index (χ2n) is 4.70. The maximum Gasteiger partial charge on any atom is 0.0589 e. The Hall–Kier alpha value is -0.120. The molecule has 3 heteroatoms. The van der Waals surface area contributed by atoms with Gasteiger partial charge in [0.1, 0.15) is 0 Å². The molecule has 0 aromatic carbocycles. The normalized spacial score (nSPS) is 13.6. The molecule has 0 amide bonds. The molecular weight excluding hydrogens is 212 g/mol. The summed E-state index contributed by atoms with van der Waals surface area (Å²) < 4.78 is 5.26. The van der Waals surface area contributed by atoms with Crippen LogP contribution in [0.4, 0.5) is 0 Å². The maximum absolute atomic E-state index is 5.26. The van der Waals surface area contributed by atoms with E-state index in [2.05, 4.69) is 31.0 Å². The van der Waals surface area contributed by atoms with Gasteiger partial charge in [-0.1, -0.05) is 27.2 Å². The Morgan fingerprint density at radius 2 is 1.76 bits per heavy atom. The van der Waals surface area contributed by atoms with Crippen LogP contribution >= 0.6 is 0 Å². The molecule has 0 fully saturated rings. The summed E-state index contributed by atoms with van der Waals surface area (Å²) in [7, 11) is 3.84. The summed E-state index contributed by atoms with van der Waals surface area (Å²) in [5, 5.41) is 3.33. The van der Waals surface area contributed by atoms with Gasteiger partial charge in [0.2, 0.25) is 0 Å². The van der Waals surface area contributed by atoms with Crippen LogP contribution in [-0.4, -0.2) is 50.8 Å². The summed E-state index contributed by atoms with van der Waals surface area (Å²) in [6, 6.07) is 1.33. The zero-order chi connectivity index (χ0) is 13.1. The van der Waals surface area contributed by atoms with Crippen molar-refractivity contribution in [1.29, 1.82) is 0 Å². The van der Waals surface area contributed by atoms with Crippen molar-refractivity contribution < 1.29 is 4.74 Å². The molecule has 0 aromatic rings. The van der Waals surface area contributed by atoms with E-state index < -0.39 is 0 Å². The summed E-state index contributed by atoms with van der Waals surface area (Å²) >= 11 is 0. The SMILES string of the molecule is CCCC(CNC)N(CCOC)C(CC)CC. The van der Waals surface area contributed by atoms with Crippen molar-refractivity contribution in [3.63, 3.8) is 0 Å². The minimum atomic E-state index is 0.644. The van der Waals surface area contributed by atoms with Crippen LogP contribution < -0.4 is 5.32 Å². The highest BCUT2D eigenvalue weighted by Crippen LogP contribution is 2.15.